The van der Waals surface area contributed by atoms with E-state index < -0.39 is 0 Å². The Morgan fingerprint density at radius 3 is 2.38 bits per heavy atom. The Kier molecular flexibility index (Phi) is 5.77. The van der Waals surface area contributed by atoms with Crippen LogP contribution < -0.4 is 5.32 Å². The van der Waals surface area contributed by atoms with Crippen LogP contribution in [0.4, 0.5) is 0 Å². The highest BCUT2D eigenvalue weighted by atomic mass is 16.2. The summed E-state index contributed by atoms with van der Waals surface area (Å²) in [6.07, 6.45) is 0.625. The van der Waals surface area contributed by atoms with Gasteiger partial charge in [-0.05, 0) is 20.0 Å². The lowest BCUT2D eigenvalue weighted by atomic mass is 10.2. The van der Waals surface area contributed by atoms with E-state index >= 15 is 0 Å². The Labute approximate surface area is 99.0 Å². The molecule has 1 heterocycles. The highest BCUT2D eigenvalue weighted by molar-refractivity contribution is 5.76. The number of amides is 1. The Balaban J connectivity index is 2.27. The molecule has 0 bridgehead atoms. The highest BCUT2D eigenvalue weighted by Crippen LogP contribution is 2.04. The van der Waals surface area contributed by atoms with E-state index in [1.54, 1.807) is 0 Å². The number of hydrogen-bond donors (Lipinski definition) is 1. The van der Waals surface area contributed by atoms with Gasteiger partial charge in [-0.25, -0.2) is 0 Å². The van der Waals surface area contributed by atoms with E-state index in [1.165, 1.54) is 0 Å². The summed E-state index contributed by atoms with van der Waals surface area (Å²) in [5.74, 6) is 0.296. The molecule has 1 N–H and O–H groups in total. The van der Waals surface area contributed by atoms with Crippen LogP contribution >= 0.6 is 0 Å². The van der Waals surface area contributed by atoms with Gasteiger partial charge in [0.1, 0.15) is 0 Å². The summed E-state index contributed by atoms with van der Waals surface area (Å²) < 4.78 is 0. The fourth-order valence-electron chi connectivity index (χ4n) is 2.13. The summed E-state index contributed by atoms with van der Waals surface area (Å²) in [6, 6.07) is 0.293. The number of nitrogens with one attached hydrogen (secondary N) is 1. The monoisotopic (exact) mass is 227 g/mol. The lowest BCUT2D eigenvalue weighted by molar-refractivity contribution is -0.133. The van der Waals surface area contributed by atoms with E-state index in [9.17, 15) is 4.79 Å². The fraction of sp³-hybridized carbons (Fsp3) is 0.917. The lowest BCUT2D eigenvalue weighted by Gasteiger charge is -2.34. The van der Waals surface area contributed by atoms with Crippen LogP contribution in [0.15, 0.2) is 0 Å². The molecule has 4 nitrogen and oxygen atoms in total. The number of likely N-dealkylation sites (N-methyl/N-ethyl adjacent to an activating group) is 1. The zero-order valence-corrected chi connectivity index (χ0v) is 10.8. The fourth-order valence-corrected chi connectivity index (χ4v) is 2.13. The Bertz CT molecular complexity index is 212. The summed E-state index contributed by atoms with van der Waals surface area (Å²) in [5.41, 5.74) is 0. The van der Waals surface area contributed by atoms with Crippen LogP contribution in [0.25, 0.3) is 0 Å². The van der Waals surface area contributed by atoms with Gasteiger partial charge in [-0.15, -0.1) is 0 Å². The van der Waals surface area contributed by atoms with Crippen LogP contribution in [-0.4, -0.2) is 61.0 Å². The summed E-state index contributed by atoms with van der Waals surface area (Å²) >= 11 is 0. The minimum Gasteiger partial charge on any atom is -0.340 e. The summed E-state index contributed by atoms with van der Waals surface area (Å²) in [5, 5.41) is 3.28. The van der Waals surface area contributed by atoms with Crippen molar-refractivity contribution in [3.8, 4) is 0 Å². The van der Waals surface area contributed by atoms with Gasteiger partial charge >= 0.3 is 0 Å². The standard InChI is InChI=1S/C12H25N3O/c1-4-13-11(3)10-12(16)15-8-6-14(5-2)7-9-15/h11,13H,4-10H2,1-3H3. The van der Waals surface area contributed by atoms with Gasteiger partial charge in [0, 0.05) is 38.6 Å². The first kappa shape index (κ1) is 13.5. The predicted octanol–water partition coefficient (Wildman–Crippen LogP) is 0.539. The molecular weight excluding hydrogens is 202 g/mol. The summed E-state index contributed by atoms with van der Waals surface area (Å²) in [4.78, 5) is 16.3. The molecule has 0 radical (unpaired) electrons. The molecule has 1 fully saturated rings. The van der Waals surface area contributed by atoms with Crippen molar-refractivity contribution in [2.75, 3.05) is 39.3 Å². The van der Waals surface area contributed by atoms with E-state index in [1.807, 2.05) is 4.90 Å². The van der Waals surface area contributed by atoms with Crippen molar-refractivity contribution in [1.82, 2.24) is 15.1 Å². The van der Waals surface area contributed by atoms with Gasteiger partial charge in [0.25, 0.3) is 0 Å². The SMILES string of the molecule is CCNC(C)CC(=O)N1CCN(CC)CC1. The number of carbonyl (C=O) groups excluding carboxylic acids is 1. The van der Waals surface area contributed by atoms with Crippen LogP contribution in [0.1, 0.15) is 27.2 Å². The molecule has 1 saturated heterocycles. The molecule has 0 aromatic carbocycles. The molecule has 94 valence electrons. The van der Waals surface area contributed by atoms with Crippen LogP contribution in [0, 0.1) is 0 Å². The van der Waals surface area contributed by atoms with Crippen molar-refractivity contribution in [3.05, 3.63) is 0 Å². The van der Waals surface area contributed by atoms with Crippen molar-refractivity contribution in [2.24, 2.45) is 0 Å². The maximum Gasteiger partial charge on any atom is 0.224 e. The van der Waals surface area contributed by atoms with E-state index in [0.717, 1.165) is 39.3 Å². The first-order valence-corrected chi connectivity index (χ1v) is 6.40. The van der Waals surface area contributed by atoms with Gasteiger partial charge in [-0.1, -0.05) is 13.8 Å². The maximum atomic E-state index is 11.9. The molecule has 16 heavy (non-hydrogen) atoms. The van der Waals surface area contributed by atoms with Gasteiger partial charge in [-0.3, -0.25) is 4.79 Å². The predicted molar refractivity (Wildman–Crippen MR) is 66.4 cm³/mol. The zero-order chi connectivity index (χ0) is 12.0. The molecule has 1 unspecified atom stereocenters. The smallest absolute Gasteiger partial charge is 0.224 e. The van der Waals surface area contributed by atoms with Gasteiger partial charge in [0.15, 0.2) is 0 Å². The molecule has 0 aromatic rings. The first-order chi connectivity index (χ1) is 7.67. The third kappa shape index (κ3) is 4.10. The Morgan fingerprint density at radius 1 is 1.25 bits per heavy atom. The van der Waals surface area contributed by atoms with Crippen molar-refractivity contribution < 1.29 is 4.79 Å². The molecule has 1 aliphatic rings. The second-order valence-corrected chi connectivity index (χ2v) is 4.48. The van der Waals surface area contributed by atoms with Gasteiger partial charge in [0.05, 0.1) is 0 Å². The second-order valence-electron chi connectivity index (χ2n) is 4.48. The molecule has 0 spiro atoms. The second kappa shape index (κ2) is 6.86. The van der Waals surface area contributed by atoms with Gasteiger partial charge in [-0.2, -0.15) is 0 Å². The number of hydrogen-bond acceptors (Lipinski definition) is 3. The molecule has 0 aromatic heterocycles. The molecule has 1 amide bonds. The minimum atomic E-state index is 0.293. The number of carbonyl (C=O) groups is 1. The number of nitrogens with zero attached hydrogens (tertiary/aromatic N) is 2. The molecule has 0 aliphatic carbocycles. The van der Waals surface area contributed by atoms with E-state index in [-0.39, 0.29) is 0 Å². The Morgan fingerprint density at radius 2 is 1.88 bits per heavy atom. The van der Waals surface area contributed by atoms with E-state index in [2.05, 4.69) is 31.0 Å². The molecule has 1 aliphatic heterocycles. The van der Waals surface area contributed by atoms with E-state index in [4.69, 9.17) is 0 Å². The highest BCUT2D eigenvalue weighted by Gasteiger charge is 2.20. The van der Waals surface area contributed by atoms with Crippen molar-refractivity contribution in [2.45, 2.75) is 33.2 Å². The lowest BCUT2D eigenvalue weighted by Crippen LogP contribution is -2.49. The quantitative estimate of drug-likeness (QED) is 0.744. The molecule has 1 atom stereocenters. The van der Waals surface area contributed by atoms with E-state index in [0.29, 0.717) is 18.4 Å². The molecule has 0 saturated carbocycles. The normalized spacial score (nSPS) is 19.8. The van der Waals surface area contributed by atoms with Crippen LogP contribution in [0.5, 0.6) is 0 Å². The largest absolute Gasteiger partial charge is 0.340 e. The third-order valence-corrected chi connectivity index (χ3v) is 3.21. The minimum absolute atomic E-state index is 0.293. The van der Waals surface area contributed by atoms with Gasteiger partial charge < -0.3 is 15.1 Å². The average Bonchev–Trinajstić information content (AvgIpc) is 2.29. The maximum absolute atomic E-state index is 11.9. The molecular formula is C12H25N3O. The zero-order valence-electron chi connectivity index (χ0n) is 10.8. The molecule has 1 rings (SSSR count). The van der Waals surface area contributed by atoms with Crippen molar-refractivity contribution >= 4 is 5.91 Å². The summed E-state index contributed by atoms with van der Waals surface area (Å²) in [7, 11) is 0. The summed E-state index contributed by atoms with van der Waals surface area (Å²) in [6.45, 7) is 12.2. The van der Waals surface area contributed by atoms with Crippen molar-refractivity contribution in [3.63, 3.8) is 0 Å². The van der Waals surface area contributed by atoms with Gasteiger partial charge in [0.2, 0.25) is 5.91 Å². The Hall–Kier alpha value is -0.610. The van der Waals surface area contributed by atoms with Crippen LogP contribution in [0.2, 0.25) is 0 Å². The first-order valence-electron chi connectivity index (χ1n) is 6.40. The van der Waals surface area contributed by atoms with Crippen LogP contribution in [-0.2, 0) is 4.79 Å². The molecule has 4 heteroatoms. The third-order valence-electron chi connectivity index (χ3n) is 3.21. The average molecular weight is 227 g/mol. The topological polar surface area (TPSA) is 35.6 Å². The number of rotatable bonds is 5. The van der Waals surface area contributed by atoms with Crippen molar-refractivity contribution in [1.29, 1.82) is 0 Å². The van der Waals surface area contributed by atoms with Crippen LogP contribution in [0.3, 0.4) is 0 Å². The number of piperazine rings is 1.